The molecule has 114 heavy (non-hydrogen) atoms. The summed E-state index contributed by atoms with van der Waals surface area (Å²) in [4.78, 5) is 31.0. The van der Waals surface area contributed by atoms with Crippen molar-refractivity contribution < 1.29 is 0 Å². The maximum Gasteiger partial charge on any atom is 0.160 e. The monoisotopic (exact) mass is 1450 g/mol. The molecular formula is C108H70N6. The third kappa shape index (κ3) is 13.3. The van der Waals surface area contributed by atoms with Gasteiger partial charge in [0.05, 0.1) is 45.2 Å². The van der Waals surface area contributed by atoms with Crippen LogP contribution in [0, 0.1) is 0 Å². The van der Waals surface area contributed by atoms with Crippen LogP contribution in [-0.4, -0.2) is 29.9 Å². The summed E-state index contributed by atoms with van der Waals surface area (Å²) in [6.07, 6.45) is 0. The third-order valence-electron chi connectivity index (χ3n) is 21.8. The first-order valence-electron chi connectivity index (χ1n) is 38.6. The van der Waals surface area contributed by atoms with Crippen molar-refractivity contribution in [2.24, 2.45) is 0 Å². The second-order valence-electron chi connectivity index (χ2n) is 28.7. The Bertz CT molecular complexity index is 7120. The second-order valence-corrected chi connectivity index (χ2v) is 28.7. The van der Waals surface area contributed by atoms with Gasteiger partial charge in [-0.1, -0.05) is 376 Å². The lowest BCUT2D eigenvalue weighted by Crippen LogP contribution is -1.97. The Morgan fingerprint density at radius 2 is 0.395 bits per heavy atom. The van der Waals surface area contributed by atoms with Crippen LogP contribution in [0.5, 0.6) is 0 Å². The van der Waals surface area contributed by atoms with Gasteiger partial charge in [-0.2, -0.15) is 0 Å². The summed E-state index contributed by atoms with van der Waals surface area (Å²) in [6, 6.07) is 150. The molecule has 0 bridgehead atoms. The molecule has 0 atom stereocenters. The quantitative estimate of drug-likeness (QED) is 0.107. The van der Waals surface area contributed by atoms with Gasteiger partial charge in [0.15, 0.2) is 11.6 Å². The highest BCUT2D eigenvalue weighted by atomic mass is 14.9. The largest absolute Gasteiger partial charge is 0.248 e. The lowest BCUT2D eigenvalue weighted by molar-refractivity contribution is 1.18. The Hall–Kier alpha value is -15.2. The van der Waals surface area contributed by atoms with Crippen molar-refractivity contribution in [2.75, 3.05) is 0 Å². The highest BCUT2D eigenvalue weighted by Crippen LogP contribution is 2.45. The van der Waals surface area contributed by atoms with Gasteiger partial charge in [0.1, 0.15) is 0 Å². The number of hydrogen-bond donors (Lipinski definition) is 0. The van der Waals surface area contributed by atoms with E-state index in [-0.39, 0.29) is 0 Å². The number of pyridine rings is 2. The van der Waals surface area contributed by atoms with Crippen LogP contribution in [0.2, 0.25) is 0 Å². The predicted octanol–water partition coefficient (Wildman–Crippen LogP) is 28.3. The van der Waals surface area contributed by atoms with Crippen molar-refractivity contribution in [1.29, 1.82) is 0 Å². The summed E-state index contributed by atoms with van der Waals surface area (Å²) in [5, 5.41) is 11.7. The van der Waals surface area contributed by atoms with Gasteiger partial charge in [0.25, 0.3) is 0 Å². The minimum Gasteiger partial charge on any atom is -0.248 e. The van der Waals surface area contributed by atoms with Crippen LogP contribution in [0.4, 0.5) is 0 Å². The molecule has 0 fully saturated rings. The molecule has 0 amide bonds. The van der Waals surface area contributed by atoms with Gasteiger partial charge in [-0.3, -0.25) is 0 Å². The maximum atomic E-state index is 5.24. The molecule has 4 aromatic heterocycles. The van der Waals surface area contributed by atoms with Gasteiger partial charge < -0.3 is 0 Å². The summed E-state index contributed by atoms with van der Waals surface area (Å²) in [6.45, 7) is 0. The van der Waals surface area contributed by atoms with Crippen molar-refractivity contribution in [3.8, 4) is 146 Å². The van der Waals surface area contributed by atoms with E-state index in [9.17, 15) is 0 Å². The lowest BCUT2D eigenvalue weighted by Gasteiger charge is -2.16. The van der Waals surface area contributed by atoms with E-state index >= 15 is 0 Å². The third-order valence-corrected chi connectivity index (χ3v) is 21.8. The molecule has 532 valence electrons. The van der Waals surface area contributed by atoms with Crippen LogP contribution in [0.1, 0.15) is 0 Å². The molecule has 0 aliphatic rings. The average Bonchev–Trinajstić information content (AvgIpc) is 0.757. The molecule has 4 heterocycles. The molecule has 0 unspecified atom stereocenters. The smallest absolute Gasteiger partial charge is 0.160 e. The van der Waals surface area contributed by atoms with Gasteiger partial charge in [-0.15, -0.1) is 0 Å². The first kappa shape index (κ1) is 68.1. The molecular weight excluding hydrogens is 1380 g/mol. The molecule has 0 saturated carbocycles. The molecule has 17 aromatic carbocycles. The lowest BCUT2D eigenvalue weighted by atomic mass is 9.90. The zero-order chi connectivity index (χ0) is 75.7. The number of nitrogens with zero attached hydrogens (tertiary/aromatic N) is 6. The fraction of sp³-hybridized carbons (Fsp3) is 0. The Morgan fingerprint density at radius 3 is 0.781 bits per heavy atom. The molecule has 0 N–H and O–H groups in total. The van der Waals surface area contributed by atoms with Crippen LogP contribution >= 0.6 is 0 Å². The highest BCUT2D eigenvalue weighted by molar-refractivity contribution is 6.16. The van der Waals surface area contributed by atoms with Gasteiger partial charge in [0, 0.05) is 55.3 Å². The van der Waals surface area contributed by atoms with Crippen LogP contribution in [0.3, 0.4) is 0 Å². The second kappa shape index (κ2) is 30.0. The van der Waals surface area contributed by atoms with E-state index in [4.69, 9.17) is 29.9 Å². The minimum absolute atomic E-state index is 0.697. The molecule has 0 aliphatic heterocycles. The SMILES string of the molecule is c1ccc(-c2cc(-c3ccc(-c4cccc(-c5cc(-c6ccccc6)nc6ccc7ccccc7c56)c4)c4ccccc34)nc(-c3ccccc3)n2)cc1.c1ccc(-c2ccc(-c3cc(-c4ccc(-c5cccc(-c6cc(-c7ccccc7)nc7ccc8ccccc8c67)c5)c5ccccc45)nc(-c4ccccc4)n3)cc2)cc1. The first-order valence-corrected chi connectivity index (χ1v) is 38.6. The molecule has 6 heteroatoms. The Morgan fingerprint density at radius 1 is 0.132 bits per heavy atom. The zero-order valence-corrected chi connectivity index (χ0v) is 62.1. The first-order chi connectivity index (χ1) is 56.5. The van der Waals surface area contributed by atoms with E-state index in [0.29, 0.717) is 11.6 Å². The van der Waals surface area contributed by atoms with Crippen molar-refractivity contribution >= 4 is 64.9 Å². The topological polar surface area (TPSA) is 77.3 Å². The number of benzene rings is 17. The van der Waals surface area contributed by atoms with Crippen molar-refractivity contribution in [3.63, 3.8) is 0 Å². The van der Waals surface area contributed by atoms with Gasteiger partial charge in [-0.05, 0) is 147 Å². The fourth-order valence-corrected chi connectivity index (χ4v) is 16.2. The molecule has 0 aliphatic carbocycles. The maximum absolute atomic E-state index is 5.24. The zero-order valence-electron chi connectivity index (χ0n) is 62.1. The Balaban J connectivity index is 0.000000149. The molecule has 0 spiro atoms. The molecule has 0 radical (unpaired) electrons. The Labute approximate surface area is 661 Å². The van der Waals surface area contributed by atoms with Crippen LogP contribution < -0.4 is 0 Å². The van der Waals surface area contributed by atoms with Gasteiger partial charge in [0.2, 0.25) is 0 Å². The standard InChI is InChI=1S/C57H37N3.C51H33N3/c1-4-15-38(16-5-1)39-27-29-42(30-28-39)54-37-55(60-57(59-54)43-20-8-3-9-21-43)50-33-32-46(48-25-12-13-26-49(48)50)44-22-14-23-45(35-44)51-36-53(41-18-6-2-7-19-41)58-52-34-31-40-17-10-11-24-47(40)56(51)52;1-4-16-35(17-5-1)47-32-45(50-41-24-11-10-15-34(41)27-30-46(50)52-47)39-23-14-22-38(31-39)40-28-29-44(43-26-13-12-25-42(40)43)49-33-48(36-18-6-2-7-19-36)53-51(54-49)37-20-8-3-9-21-37/h1-37H;1-33H. The fourth-order valence-electron chi connectivity index (χ4n) is 16.2. The summed E-state index contributed by atoms with van der Waals surface area (Å²) >= 11 is 0. The van der Waals surface area contributed by atoms with Crippen LogP contribution in [-0.2, 0) is 0 Å². The summed E-state index contributed by atoms with van der Waals surface area (Å²) in [7, 11) is 0. The summed E-state index contributed by atoms with van der Waals surface area (Å²) < 4.78 is 0. The molecule has 0 saturated heterocycles. The number of aromatic nitrogens is 6. The van der Waals surface area contributed by atoms with E-state index in [2.05, 4.69) is 370 Å². The van der Waals surface area contributed by atoms with Crippen LogP contribution in [0.15, 0.2) is 425 Å². The van der Waals surface area contributed by atoms with E-state index < -0.39 is 0 Å². The number of fused-ring (bicyclic) bond motifs is 8. The van der Waals surface area contributed by atoms with Gasteiger partial charge in [-0.25, -0.2) is 29.9 Å². The summed E-state index contributed by atoms with van der Waals surface area (Å²) in [5.74, 6) is 1.41. The number of rotatable bonds is 13. The van der Waals surface area contributed by atoms with Crippen molar-refractivity contribution in [1.82, 2.24) is 29.9 Å². The average molecular weight is 1450 g/mol. The van der Waals surface area contributed by atoms with E-state index in [1.165, 1.54) is 49.2 Å². The minimum atomic E-state index is 0.697. The number of hydrogen-bond acceptors (Lipinski definition) is 6. The van der Waals surface area contributed by atoms with Crippen molar-refractivity contribution in [2.45, 2.75) is 0 Å². The highest BCUT2D eigenvalue weighted by Gasteiger charge is 2.21. The normalized spacial score (nSPS) is 11.3. The van der Waals surface area contributed by atoms with Crippen molar-refractivity contribution in [3.05, 3.63) is 425 Å². The molecule has 21 rings (SSSR count). The molecule has 6 nitrogen and oxygen atoms in total. The predicted molar refractivity (Wildman–Crippen MR) is 475 cm³/mol. The van der Waals surface area contributed by atoms with Gasteiger partial charge >= 0.3 is 0 Å². The molecule has 21 aromatic rings. The van der Waals surface area contributed by atoms with Crippen LogP contribution in [0.25, 0.3) is 211 Å². The van der Waals surface area contributed by atoms with E-state index in [1.807, 2.05) is 54.6 Å². The Kier molecular flexibility index (Phi) is 17.9. The summed E-state index contributed by atoms with van der Waals surface area (Å²) in [5.41, 5.74) is 27.5. The van der Waals surface area contributed by atoms with E-state index in [1.54, 1.807) is 0 Å². The van der Waals surface area contributed by atoms with E-state index in [0.717, 1.165) is 150 Å².